The van der Waals surface area contributed by atoms with Crippen molar-refractivity contribution in [1.29, 1.82) is 0 Å². The van der Waals surface area contributed by atoms with Crippen LogP contribution in [0.4, 0.5) is 17.5 Å². The highest BCUT2D eigenvalue weighted by molar-refractivity contribution is 5.91. The van der Waals surface area contributed by atoms with Gasteiger partial charge in [-0.05, 0) is 42.8 Å². The molecule has 3 aromatic rings. The van der Waals surface area contributed by atoms with Gasteiger partial charge in [0.05, 0.1) is 17.7 Å². The normalized spacial score (nSPS) is 10.6. The van der Waals surface area contributed by atoms with Gasteiger partial charge in [-0.15, -0.1) is 0 Å². The van der Waals surface area contributed by atoms with Crippen LogP contribution >= 0.6 is 0 Å². The minimum absolute atomic E-state index is 0.160. The van der Waals surface area contributed by atoms with Gasteiger partial charge in [0.1, 0.15) is 5.82 Å². The van der Waals surface area contributed by atoms with Crippen LogP contribution in [-0.4, -0.2) is 22.5 Å². The third-order valence-electron chi connectivity index (χ3n) is 3.70. The number of hydrogen-bond donors (Lipinski definition) is 3. The van der Waals surface area contributed by atoms with Crippen molar-refractivity contribution in [3.63, 3.8) is 0 Å². The Bertz CT molecular complexity index is 909. The Hall–Kier alpha value is -3.35. The highest BCUT2D eigenvalue weighted by Gasteiger charge is 2.07. The molecule has 1 heterocycles. The average Bonchev–Trinajstić information content (AvgIpc) is 2.61. The zero-order valence-corrected chi connectivity index (χ0v) is 13.8. The molecule has 0 radical (unpaired) electrons. The van der Waals surface area contributed by atoms with Gasteiger partial charge >= 0.3 is 5.97 Å². The molecule has 3 rings (SSSR count). The molecule has 1 aromatic heterocycles. The molecule has 0 saturated heterocycles. The lowest BCUT2D eigenvalue weighted by atomic mass is 10.1. The van der Waals surface area contributed by atoms with Gasteiger partial charge in [0.2, 0.25) is 5.95 Å². The standard InChI is InChI=1S/C18H19N5O2/c1-2-25-17(24)12-5-3-11(4-6-12)10-21-13-7-8-15-14(9-13)16(19)23-18(20)22-15/h3-9,21H,2,10H2,1H3,(H4,19,20,22,23). The Labute approximate surface area is 145 Å². The summed E-state index contributed by atoms with van der Waals surface area (Å²) in [6, 6.07) is 12.9. The van der Waals surface area contributed by atoms with Crippen LogP contribution < -0.4 is 16.8 Å². The van der Waals surface area contributed by atoms with E-state index in [-0.39, 0.29) is 11.9 Å². The first kappa shape index (κ1) is 16.5. The van der Waals surface area contributed by atoms with Crippen molar-refractivity contribution in [1.82, 2.24) is 9.97 Å². The SMILES string of the molecule is CCOC(=O)c1ccc(CNc2ccc3nc(N)nc(N)c3c2)cc1. The Morgan fingerprint density at radius 1 is 1.12 bits per heavy atom. The molecule has 0 bridgehead atoms. The topological polar surface area (TPSA) is 116 Å². The maximum absolute atomic E-state index is 11.6. The molecule has 0 fully saturated rings. The molecule has 0 aliphatic carbocycles. The number of nitrogens with two attached hydrogens (primary N) is 2. The van der Waals surface area contributed by atoms with E-state index in [2.05, 4.69) is 15.3 Å². The van der Waals surface area contributed by atoms with Crippen LogP contribution in [0.15, 0.2) is 42.5 Å². The number of benzene rings is 2. The first-order chi connectivity index (χ1) is 12.1. The fourth-order valence-corrected chi connectivity index (χ4v) is 2.46. The van der Waals surface area contributed by atoms with Crippen LogP contribution in [0.3, 0.4) is 0 Å². The first-order valence-corrected chi connectivity index (χ1v) is 7.89. The second kappa shape index (κ2) is 7.04. The number of nitrogen functional groups attached to an aromatic ring is 2. The summed E-state index contributed by atoms with van der Waals surface area (Å²) in [6.45, 7) is 2.75. The quantitative estimate of drug-likeness (QED) is 0.613. The van der Waals surface area contributed by atoms with Gasteiger partial charge in [-0.25, -0.2) is 9.78 Å². The third-order valence-corrected chi connectivity index (χ3v) is 3.70. The van der Waals surface area contributed by atoms with E-state index in [4.69, 9.17) is 16.2 Å². The second-order valence-corrected chi connectivity index (χ2v) is 5.47. The van der Waals surface area contributed by atoms with Crippen molar-refractivity contribution in [3.05, 3.63) is 53.6 Å². The Kier molecular flexibility index (Phi) is 4.65. The van der Waals surface area contributed by atoms with E-state index in [0.717, 1.165) is 16.6 Å². The number of ether oxygens (including phenoxy) is 1. The molecule has 128 valence electrons. The Balaban J connectivity index is 1.71. The molecule has 0 saturated carbocycles. The lowest BCUT2D eigenvalue weighted by molar-refractivity contribution is 0.0526. The van der Waals surface area contributed by atoms with Gasteiger partial charge in [-0.1, -0.05) is 12.1 Å². The summed E-state index contributed by atoms with van der Waals surface area (Å²) < 4.78 is 4.97. The number of carbonyl (C=O) groups excluding carboxylic acids is 1. The van der Waals surface area contributed by atoms with Crippen molar-refractivity contribution in [2.24, 2.45) is 0 Å². The monoisotopic (exact) mass is 337 g/mol. The molecular formula is C18H19N5O2. The third kappa shape index (κ3) is 3.77. The van der Waals surface area contributed by atoms with Crippen LogP contribution in [0.25, 0.3) is 10.9 Å². The lowest BCUT2D eigenvalue weighted by Crippen LogP contribution is -2.05. The van der Waals surface area contributed by atoms with E-state index >= 15 is 0 Å². The van der Waals surface area contributed by atoms with Crippen molar-refractivity contribution < 1.29 is 9.53 Å². The summed E-state index contributed by atoms with van der Waals surface area (Å²) in [5.74, 6) is 0.198. The molecule has 0 unspecified atom stereocenters. The van der Waals surface area contributed by atoms with E-state index < -0.39 is 0 Å². The fraction of sp³-hybridized carbons (Fsp3) is 0.167. The molecule has 5 N–H and O–H groups in total. The van der Waals surface area contributed by atoms with Crippen LogP contribution in [0.5, 0.6) is 0 Å². The number of esters is 1. The van der Waals surface area contributed by atoms with Gasteiger partial charge in [0.15, 0.2) is 0 Å². The summed E-state index contributed by atoms with van der Waals surface area (Å²) in [6.07, 6.45) is 0. The van der Waals surface area contributed by atoms with Crippen LogP contribution in [0, 0.1) is 0 Å². The summed E-state index contributed by atoms with van der Waals surface area (Å²) in [7, 11) is 0. The number of rotatable bonds is 5. The van der Waals surface area contributed by atoms with Gasteiger partial charge in [-0.3, -0.25) is 0 Å². The molecule has 0 atom stereocenters. The van der Waals surface area contributed by atoms with Crippen LogP contribution in [0.2, 0.25) is 0 Å². The van der Waals surface area contributed by atoms with Gasteiger partial charge < -0.3 is 21.5 Å². The lowest BCUT2D eigenvalue weighted by Gasteiger charge is -2.09. The van der Waals surface area contributed by atoms with E-state index in [1.807, 2.05) is 30.3 Å². The molecule has 25 heavy (non-hydrogen) atoms. The van der Waals surface area contributed by atoms with Crippen LogP contribution in [-0.2, 0) is 11.3 Å². The van der Waals surface area contributed by atoms with Crippen molar-refractivity contribution in [3.8, 4) is 0 Å². The first-order valence-electron chi connectivity index (χ1n) is 7.89. The Morgan fingerprint density at radius 2 is 1.88 bits per heavy atom. The highest BCUT2D eigenvalue weighted by atomic mass is 16.5. The molecule has 7 heteroatoms. The molecule has 7 nitrogen and oxygen atoms in total. The number of carbonyl (C=O) groups is 1. The smallest absolute Gasteiger partial charge is 0.338 e. The predicted molar refractivity (Wildman–Crippen MR) is 98.1 cm³/mol. The van der Waals surface area contributed by atoms with E-state index in [1.54, 1.807) is 19.1 Å². The van der Waals surface area contributed by atoms with Crippen LogP contribution in [0.1, 0.15) is 22.8 Å². The average molecular weight is 337 g/mol. The van der Waals surface area contributed by atoms with Crippen molar-refractivity contribution >= 4 is 34.3 Å². The van der Waals surface area contributed by atoms with E-state index in [1.165, 1.54) is 0 Å². The largest absolute Gasteiger partial charge is 0.462 e. The number of nitrogens with zero attached hydrogens (tertiary/aromatic N) is 2. The predicted octanol–water partition coefficient (Wildman–Crippen LogP) is 2.58. The minimum atomic E-state index is -0.314. The maximum Gasteiger partial charge on any atom is 0.338 e. The molecule has 0 aliphatic rings. The van der Waals surface area contributed by atoms with Gasteiger partial charge in [0.25, 0.3) is 0 Å². The fourth-order valence-electron chi connectivity index (χ4n) is 2.46. The van der Waals surface area contributed by atoms with Gasteiger partial charge in [0, 0.05) is 17.6 Å². The summed E-state index contributed by atoms with van der Waals surface area (Å²) in [5, 5.41) is 4.06. The van der Waals surface area contributed by atoms with Crippen molar-refractivity contribution in [2.45, 2.75) is 13.5 Å². The molecule has 0 spiro atoms. The Morgan fingerprint density at radius 3 is 2.60 bits per heavy atom. The molecule has 2 aromatic carbocycles. The number of hydrogen-bond acceptors (Lipinski definition) is 7. The minimum Gasteiger partial charge on any atom is -0.462 e. The number of fused-ring (bicyclic) bond motifs is 1. The zero-order valence-electron chi connectivity index (χ0n) is 13.8. The zero-order chi connectivity index (χ0) is 17.8. The van der Waals surface area contributed by atoms with Gasteiger partial charge in [-0.2, -0.15) is 4.98 Å². The summed E-state index contributed by atoms with van der Waals surface area (Å²) in [5.41, 5.74) is 14.7. The number of anilines is 3. The van der Waals surface area contributed by atoms with Crippen molar-refractivity contribution in [2.75, 3.05) is 23.4 Å². The number of aromatic nitrogens is 2. The molecule has 0 aliphatic heterocycles. The maximum atomic E-state index is 11.6. The van der Waals surface area contributed by atoms with E-state index in [9.17, 15) is 4.79 Å². The molecular weight excluding hydrogens is 318 g/mol. The van der Waals surface area contributed by atoms with E-state index in [0.29, 0.717) is 30.0 Å². The second-order valence-electron chi connectivity index (χ2n) is 5.47. The summed E-state index contributed by atoms with van der Waals surface area (Å²) >= 11 is 0. The summed E-state index contributed by atoms with van der Waals surface area (Å²) in [4.78, 5) is 19.8. The molecule has 0 amide bonds. The number of nitrogens with one attached hydrogen (secondary N) is 1. The highest BCUT2D eigenvalue weighted by Crippen LogP contribution is 2.23.